The van der Waals surface area contributed by atoms with Crippen molar-refractivity contribution in [3.63, 3.8) is 0 Å². The lowest BCUT2D eigenvalue weighted by atomic mass is 9.89. The highest BCUT2D eigenvalue weighted by Crippen LogP contribution is 2.34. The summed E-state index contributed by atoms with van der Waals surface area (Å²) >= 11 is 0. The van der Waals surface area contributed by atoms with E-state index in [1.807, 2.05) is 0 Å². The molecule has 2 N–H and O–H groups in total. The fourth-order valence-corrected chi connectivity index (χ4v) is 6.98. The summed E-state index contributed by atoms with van der Waals surface area (Å²) in [4.78, 5) is 32.0. The molecule has 3 aliphatic rings. The van der Waals surface area contributed by atoms with Gasteiger partial charge in [-0.05, 0) is 92.6 Å². The number of amides is 2. The number of ether oxygens (including phenoxy) is 1. The van der Waals surface area contributed by atoms with Crippen molar-refractivity contribution in [1.82, 2.24) is 14.5 Å². The van der Waals surface area contributed by atoms with Crippen LogP contribution in [0.2, 0.25) is 0 Å². The Morgan fingerprint density at radius 1 is 1.09 bits per heavy atom. The molecule has 2 fully saturated rings. The van der Waals surface area contributed by atoms with E-state index in [0.29, 0.717) is 48.2 Å². The third-order valence-corrected chi connectivity index (χ3v) is 9.88. The van der Waals surface area contributed by atoms with E-state index in [9.17, 15) is 40.7 Å². The molecule has 0 aliphatic carbocycles. The largest absolute Gasteiger partial charge is 0.573 e. The highest BCUT2D eigenvalue weighted by atomic mass is 32.2. The zero-order valence-electron chi connectivity index (χ0n) is 24.5. The minimum Gasteiger partial charge on any atom is -0.403 e. The highest BCUT2D eigenvalue weighted by molar-refractivity contribution is 7.92. The van der Waals surface area contributed by atoms with Crippen LogP contribution in [0, 0.1) is 19.7 Å². The number of carbonyl (C=O) groups excluding carboxylic acids is 2. The number of alkyl halides is 3. The zero-order chi connectivity index (χ0) is 32.7. The van der Waals surface area contributed by atoms with Gasteiger partial charge in [0.15, 0.2) is 11.6 Å². The molecule has 2 amide bonds. The number of hydrogen-bond donors (Lipinski definition) is 2. The molecule has 45 heavy (non-hydrogen) atoms. The van der Waals surface area contributed by atoms with Crippen LogP contribution in [0.5, 0.6) is 5.75 Å². The van der Waals surface area contributed by atoms with E-state index in [4.69, 9.17) is 0 Å². The van der Waals surface area contributed by atoms with Crippen LogP contribution in [0.3, 0.4) is 0 Å². The van der Waals surface area contributed by atoms with Gasteiger partial charge in [0.05, 0.1) is 6.10 Å². The van der Waals surface area contributed by atoms with Gasteiger partial charge in [-0.3, -0.25) is 14.6 Å². The number of aliphatic hydroxyl groups excluding tert-OH is 1. The van der Waals surface area contributed by atoms with E-state index in [1.165, 1.54) is 10.4 Å². The molecule has 2 saturated heterocycles. The molecule has 3 aliphatic heterocycles. The molecule has 15 heteroatoms. The Hall–Kier alpha value is -3.82. The van der Waals surface area contributed by atoms with Crippen molar-refractivity contribution in [2.24, 2.45) is 4.99 Å². The number of halogens is 4. The van der Waals surface area contributed by atoms with E-state index in [-0.39, 0.29) is 43.2 Å². The maximum absolute atomic E-state index is 13.9. The minimum atomic E-state index is -5.12. The predicted molar refractivity (Wildman–Crippen MR) is 156 cm³/mol. The SMILES string of the molecule is Cc1cc(C(=O)N2CCC(O)CC2)cc(C)c1C=CS(=O)(=O)N1CCC2(CC1)N=C(c1ccc(F)c(OC(F)(F)F)c1)NC2=O. The maximum atomic E-state index is 13.9. The van der Waals surface area contributed by atoms with Crippen molar-refractivity contribution < 1.29 is 45.4 Å². The summed E-state index contributed by atoms with van der Waals surface area (Å²) in [5.41, 5.74) is 1.25. The van der Waals surface area contributed by atoms with Gasteiger partial charge in [0, 0.05) is 42.7 Å². The average molecular weight is 653 g/mol. The number of piperidine rings is 2. The van der Waals surface area contributed by atoms with E-state index in [0.717, 1.165) is 23.6 Å². The monoisotopic (exact) mass is 652 g/mol. The molecule has 3 heterocycles. The molecule has 0 bridgehead atoms. The second-order valence-electron chi connectivity index (χ2n) is 11.4. The first-order chi connectivity index (χ1) is 21.1. The van der Waals surface area contributed by atoms with Gasteiger partial charge >= 0.3 is 6.36 Å². The van der Waals surface area contributed by atoms with E-state index in [2.05, 4.69) is 15.0 Å². The Balaban J connectivity index is 1.27. The molecule has 10 nitrogen and oxygen atoms in total. The van der Waals surface area contributed by atoms with Gasteiger partial charge in [0.1, 0.15) is 11.4 Å². The molecule has 0 aromatic heterocycles. The number of sulfonamides is 1. The summed E-state index contributed by atoms with van der Waals surface area (Å²) < 4.78 is 83.2. The third kappa shape index (κ3) is 7.05. The van der Waals surface area contributed by atoms with Gasteiger partial charge in [-0.15, -0.1) is 13.2 Å². The van der Waals surface area contributed by atoms with Gasteiger partial charge in [-0.2, -0.15) is 4.31 Å². The Bertz CT molecular complexity index is 1650. The number of likely N-dealkylation sites (tertiary alicyclic amines) is 1. The van der Waals surface area contributed by atoms with Crippen LogP contribution in [0.1, 0.15) is 58.3 Å². The zero-order valence-corrected chi connectivity index (χ0v) is 25.3. The Morgan fingerprint density at radius 3 is 2.31 bits per heavy atom. The van der Waals surface area contributed by atoms with Crippen LogP contribution in [0.15, 0.2) is 40.7 Å². The third-order valence-electron chi connectivity index (χ3n) is 8.32. The number of aliphatic imine (C=N–C) groups is 1. The number of nitrogens with zero attached hydrogens (tertiary/aromatic N) is 3. The lowest BCUT2D eigenvalue weighted by Crippen LogP contribution is -2.50. The molecule has 0 unspecified atom stereocenters. The van der Waals surface area contributed by atoms with Gasteiger partial charge in [0.2, 0.25) is 10.0 Å². The van der Waals surface area contributed by atoms with Crippen molar-refractivity contribution in [1.29, 1.82) is 0 Å². The number of rotatable bonds is 6. The predicted octanol–water partition coefficient (Wildman–Crippen LogP) is 3.65. The van der Waals surface area contributed by atoms with Gasteiger partial charge in [-0.1, -0.05) is 0 Å². The Kier molecular flexibility index (Phi) is 8.81. The first-order valence-corrected chi connectivity index (χ1v) is 15.8. The second kappa shape index (κ2) is 12.2. The standard InChI is InChI=1S/C30H32F4N4O6S/c1-18-15-21(27(40)37-10-5-22(39)6-11-37)16-19(2)23(18)7-14-45(42,43)38-12-8-29(9-13-38)28(41)35-26(36-29)20-3-4-24(31)25(17-20)44-30(32,33)34/h3-4,7,14-17,22,39H,5-6,8-13H2,1-2H3,(H,35,36,41). The molecular weight excluding hydrogens is 620 g/mol. The number of amidine groups is 1. The molecule has 5 rings (SSSR count). The lowest BCUT2D eigenvalue weighted by molar-refractivity contribution is -0.275. The summed E-state index contributed by atoms with van der Waals surface area (Å²) in [6.07, 6.45) is -2.97. The second-order valence-corrected chi connectivity index (χ2v) is 13.3. The average Bonchev–Trinajstić information content (AvgIpc) is 3.28. The van der Waals surface area contributed by atoms with E-state index >= 15 is 0 Å². The summed E-state index contributed by atoms with van der Waals surface area (Å²) in [7, 11) is -3.91. The molecule has 2 aromatic rings. The molecule has 2 aromatic carbocycles. The minimum absolute atomic E-state index is 0.00652. The lowest BCUT2D eigenvalue weighted by Gasteiger charge is -2.34. The van der Waals surface area contributed by atoms with Crippen LogP contribution in [0.25, 0.3) is 6.08 Å². The van der Waals surface area contributed by atoms with Crippen LogP contribution in [-0.2, 0) is 14.8 Å². The summed E-state index contributed by atoms with van der Waals surface area (Å²) in [6, 6.07) is 6.15. The number of benzene rings is 2. The summed E-state index contributed by atoms with van der Waals surface area (Å²) in [5, 5.41) is 13.3. The van der Waals surface area contributed by atoms with Crippen molar-refractivity contribution in [3.8, 4) is 5.75 Å². The Morgan fingerprint density at radius 2 is 1.71 bits per heavy atom. The van der Waals surface area contributed by atoms with Gasteiger partial charge in [-0.25, -0.2) is 12.8 Å². The quantitative estimate of drug-likeness (QED) is 0.459. The molecular formula is C30H32F4N4O6S. The van der Waals surface area contributed by atoms with Crippen molar-refractivity contribution in [3.05, 3.63) is 69.4 Å². The van der Waals surface area contributed by atoms with Crippen LogP contribution in [0.4, 0.5) is 17.6 Å². The van der Waals surface area contributed by atoms with Crippen molar-refractivity contribution in [2.45, 2.75) is 57.5 Å². The van der Waals surface area contributed by atoms with Crippen LogP contribution < -0.4 is 10.1 Å². The first-order valence-electron chi connectivity index (χ1n) is 14.3. The molecule has 0 radical (unpaired) electrons. The smallest absolute Gasteiger partial charge is 0.403 e. The van der Waals surface area contributed by atoms with Gasteiger partial charge in [0.25, 0.3) is 11.8 Å². The fourth-order valence-electron chi connectivity index (χ4n) is 5.81. The normalized spacial score (nSPS) is 19.7. The highest BCUT2D eigenvalue weighted by Gasteiger charge is 2.47. The van der Waals surface area contributed by atoms with Crippen LogP contribution in [-0.4, -0.2) is 84.6 Å². The summed E-state index contributed by atoms with van der Waals surface area (Å²) in [5.74, 6) is -3.05. The summed E-state index contributed by atoms with van der Waals surface area (Å²) in [6.45, 7) is 4.42. The number of nitrogens with one attached hydrogen (secondary N) is 1. The molecule has 242 valence electrons. The number of aliphatic hydroxyl groups is 1. The number of aryl methyl sites for hydroxylation is 2. The van der Waals surface area contributed by atoms with Gasteiger partial charge < -0.3 is 20.1 Å². The van der Waals surface area contributed by atoms with Crippen molar-refractivity contribution in [2.75, 3.05) is 26.2 Å². The maximum Gasteiger partial charge on any atom is 0.573 e. The van der Waals surface area contributed by atoms with Crippen molar-refractivity contribution >= 4 is 33.7 Å². The van der Waals surface area contributed by atoms with E-state index < -0.39 is 45.5 Å². The van der Waals surface area contributed by atoms with E-state index in [1.54, 1.807) is 30.9 Å². The molecule has 0 saturated carbocycles. The van der Waals surface area contributed by atoms with Crippen LogP contribution >= 0.6 is 0 Å². The molecule has 1 spiro atoms. The number of carbonyl (C=O) groups is 2. The first kappa shape index (κ1) is 32.6. The topological polar surface area (TPSA) is 129 Å². The molecule has 0 atom stereocenters. The Labute approximate surface area is 257 Å². The fraction of sp³-hybridized carbons (Fsp3) is 0.433. The number of hydrogen-bond acceptors (Lipinski definition) is 7.